The van der Waals surface area contributed by atoms with E-state index in [2.05, 4.69) is 4.99 Å². The quantitative estimate of drug-likeness (QED) is 0.471. The second kappa shape index (κ2) is 4.18. The predicted octanol–water partition coefficient (Wildman–Crippen LogP) is 2.34. The monoisotopic (exact) mass is 237 g/mol. The molecule has 17 heavy (non-hydrogen) atoms. The van der Waals surface area contributed by atoms with Crippen molar-refractivity contribution >= 4 is 6.08 Å². The van der Waals surface area contributed by atoms with E-state index in [1.165, 1.54) is 12.1 Å². The lowest BCUT2D eigenvalue weighted by molar-refractivity contribution is 0.356. The van der Waals surface area contributed by atoms with Crippen molar-refractivity contribution in [2.24, 2.45) is 4.99 Å². The molecule has 4 nitrogen and oxygen atoms in total. The van der Waals surface area contributed by atoms with Gasteiger partial charge in [-0.15, -0.1) is 0 Å². The highest BCUT2D eigenvalue weighted by Gasteiger charge is 2.38. The molecule has 1 fully saturated rings. The van der Waals surface area contributed by atoms with Gasteiger partial charge in [0.25, 0.3) is 0 Å². The average Bonchev–Trinajstić information content (AvgIpc) is 2.76. The number of hydrogen-bond donors (Lipinski definition) is 2. The minimum absolute atomic E-state index is 0.289. The molecule has 0 saturated heterocycles. The highest BCUT2D eigenvalue weighted by atomic mass is 19.1. The highest BCUT2D eigenvalue weighted by molar-refractivity contribution is 5.51. The van der Waals surface area contributed by atoms with Gasteiger partial charge in [0.1, 0.15) is 5.54 Å². The summed E-state index contributed by atoms with van der Waals surface area (Å²) in [6.45, 7) is 0. The number of nitrogens with zero attached hydrogens (tertiary/aromatic N) is 1. The number of benzene rings is 1. The topological polar surface area (TPSA) is 69.9 Å². The minimum atomic E-state index is -0.894. The zero-order valence-corrected chi connectivity index (χ0v) is 9.11. The summed E-state index contributed by atoms with van der Waals surface area (Å²) in [5.74, 6) is -2.23. The largest absolute Gasteiger partial charge is 0.504 e. The summed E-state index contributed by atoms with van der Waals surface area (Å²) in [6, 6.07) is 2.42. The fourth-order valence-corrected chi connectivity index (χ4v) is 2.42. The lowest BCUT2D eigenvalue weighted by atomic mass is 9.88. The normalized spacial score (nSPS) is 17.7. The molecule has 1 aliphatic carbocycles. The van der Waals surface area contributed by atoms with Crippen LogP contribution in [0.4, 0.5) is 4.39 Å². The number of phenols is 2. The number of carbonyl (C=O) groups excluding carboxylic acids is 1. The molecule has 1 aromatic rings. The van der Waals surface area contributed by atoms with Crippen molar-refractivity contribution in [3.63, 3.8) is 0 Å². The van der Waals surface area contributed by atoms with Crippen LogP contribution >= 0.6 is 0 Å². The van der Waals surface area contributed by atoms with Crippen LogP contribution < -0.4 is 0 Å². The van der Waals surface area contributed by atoms with E-state index in [0.29, 0.717) is 12.8 Å². The molecule has 0 radical (unpaired) electrons. The fraction of sp³-hybridized carbons (Fsp3) is 0.417. The van der Waals surface area contributed by atoms with E-state index >= 15 is 0 Å². The molecule has 0 bridgehead atoms. The number of rotatable bonds is 2. The van der Waals surface area contributed by atoms with Gasteiger partial charge in [0.2, 0.25) is 6.08 Å². The molecule has 1 aliphatic rings. The third kappa shape index (κ3) is 1.78. The van der Waals surface area contributed by atoms with Gasteiger partial charge in [-0.1, -0.05) is 12.8 Å². The summed E-state index contributed by atoms with van der Waals surface area (Å²) in [6.07, 6.45) is 4.39. The van der Waals surface area contributed by atoms with Crippen molar-refractivity contribution in [3.8, 4) is 11.5 Å². The molecule has 0 aliphatic heterocycles. The lowest BCUT2D eigenvalue weighted by Crippen LogP contribution is -2.19. The average molecular weight is 237 g/mol. The zero-order valence-electron chi connectivity index (χ0n) is 9.11. The van der Waals surface area contributed by atoms with Crippen LogP contribution in [0, 0.1) is 5.82 Å². The van der Waals surface area contributed by atoms with Gasteiger partial charge in [-0.2, -0.15) is 4.99 Å². The summed E-state index contributed by atoms with van der Waals surface area (Å²) < 4.78 is 13.0. The molecule has 1 saturated carbocycles. The number of isocyanates is 1. The van der Waals surface area contributed by atoms with Crippen molar-refractivity contribution in [2.45, 2.75) is 31.2 Å². The molecule has 0 heterocycles. The molecular weight excluding hydrogens is 225 g/mol. The molecule has 0 aromatic heterocycles. The maximum Gasteiger partial charge on any atom is 0.235 e. The van der Waals surface area contributed by atoms with E-state index < -0.39 is 22.9 Å². The van der Waals surface area contributed by atoms with Gasteiger partial charge in [-0.3, -0.25) is 0 Å². The van der Waals surface area contributed by atoms with Crippen LogP contribution in [0.3, 0.4) is 0 Å². The van der Waals surface area contributed by atoms with Crippen LogP contribution in [0.5, 0.6) is 11.5 Å². The smallest absolute Gasteiger partial charge is 0.235 e. The lowest BCUT2D eigenvalue weighted by Gasteiger charge is -2.24. The van der Waals surface area contributed by atoms with Crippen molar-refractivity contribution < 1.29 is 19.4 Å². The van der Waals surface area contributed by atoms with Gasteiger partial charge in [-0.25, -0.2) is 9.18 Å². The van der Waals surface area contributed by atoms with Gasteiger partial charge in [0.15, 0.2) is 17.3 Å². The Balaban J connectivity index is 2.58. The molecule has 2 rings (SSSR count). The van der Waals surface area contributed by atoms with Crippen molar-refractivity contribution in [1.29, 1.82) is 0 Å². The number of phenolic OH excluding ortho intramolecular Hbond substituents is 2. The van der Waals surface area contributed by atoms with E-state index in [1.54, 1.807) is 0 Å². The molecular formula is C12H12FNO3. The van der Waals surface area contributed by atoms with Crippen LogP contribution in [0.25, 0.3) is 0 Å². The Labute approximate surface area is 97.4 Å². The van der Waals surface area contributed by atoms with Crippen LogP contribution in [0.15, 0.2) is 17.1 Å². The second-order valence-electron chi connectivity index (χ2n) is 4.23. The molecule has 0 spiro atoms. The van der Waals surface area contributed by atoms with Gasteiger partial charge in [0, 0.05) is 5.56 Å². The Morgan fingerprint density at radius 2 is 1.88 bits per heavy atom. The first-order valence-electron chi connectivity index (χ1n) is 5.41. The third-order valence-electron chi connectivity index (χ3n) is 3.29. The van der Waals surface area contributed by atoms with E-state index in [1.807, 2.05) is 0 Å². The summed E-state index contributed by atoms with van der Waals surface area (Å²) in [5, 5.41) is 19.1. The maximum atomic E-state index is 13.0. The number of aromatic hydroxyl groups is 2. The van der Waals surface area contributed by atoms with Gasteiger partial charge in [-0.05, 0) is 25.0 Å². The third-order valence-corrected chi connectivity index (χ3v) is 3.29. The Morgan fingerprint density at radius 3 is 2.47 bits per heavy atom. The predicted molar refractivity (Wildman–Crippen MR) is 58.0 cm³/mol. The first-order valence-corrected chi connectivity index (χ1v) is 5.41. The van der Waals surface area contributed by atoms with Crippen LogP contribution in [0.2, 0.25) is 0 Å². The molecule has 0 atom stereocenters. The molecule has 0 amide bonds. The van der Waals surface area contributed by atoms with Crippen molar-refractivity contribution in [2.75, 3.05) is 0 Å². The van der Waals surface area contributed by atoms with E-state index in [4.69, 9.17) is 0 Å². The van der Waals surface area contributed by atoms with Gasteiger partial charge < -0.3 is 10.2 Å². The van der Waals surface area contributed by atoms with Crippen LogP contribution in [0.1, 0.15) is 31.2 Å². The molecule has 90 valence electrons. The van der Waals surface area contributed by atoms with Crippen LogP contribution in [-0.2, 0) is 10.3 Å². The summed E-state index contributed by atoms with van der Waals surface area (Å²) in [4.78, 5) is 14.3. The maximum absolute atomic E-state index is 13.0. The first-order chi connectivity index (χ1) is 8.10. The SMILES string of the molecule is O=C=NC1(c2ccc(F)c(O)c2O)CCCC1. The number of aliphatic imine (C=N–C) groups is 1. The highest BCUT2D eigenvalue weighted by Crippen LogP contribution is 2.48. The second-order valence-corrected chi connectivity index (χ2v) is 4.23. The summed E-state index contributed by atoms with van der Waals surface area (Å²) in [5.41, 5.74) is -0.575. The molecule has 1 aromatic carbocycles. The standard InChI is InChI=1S/C12H12FNO3/c13-9-4-3-8(10(16)11(9)17)12(14-7-15)5-1-2-6-12/h3-4,16-17H,1-2,5-6H2. The molecule has 2 N–H and O–H groups in total. The number of hydrogen-bond acceptors (Lipinski definition) is 4. The Hall–Kier alpha value is -1.87. The Kier molecular flexibility index (Phi) is 2.86. The van der Waals surface area contributed by atoms with Gasteiger partial charge >= 0.3 is 0 Å². The Bertz CT molecular complexity index is 489. The summed E-state index contributed by atoms with van der Waals surface area (Å²) in [7, 11) is 0. The minimum Gasteiger partial charge on any atom is -0.504 e. The van der Waals surface area contributed by atoms with Crippen LogP contribution in [-0.4, -0.2) is 16.3 Å². The molecule has 0 unspecified atom stereocenters. The first kappa shape index (κ1) is 11.6. The van der Waals surface area contributed by atoms with Crippen molar-refractivity contribution in [1.82, 2.24) is 0 Å². The van der Waals surface area contributed by atoms with Crippen molar-refractivity contribution in [3.05, 3.63) is 23.5 Å². The van der Waals surface area contributed by atoms with E-state index in [0.717, 1.165) is 18.9 Å². The van der Waals surface area contributed by atoms with E-state index in [-0.39, 0.29) is 5.56 Å². The zero-order chi connectivity index (χ0) is 12.5. The van der Waals surface area contributed by atoms with E-state index in [9.17, 15) is 19.4 Å². The van der Waals surface area contributed by atoms with Gasteiger partial charge in [0.05, 0.1) is 0 Å². The summed E-state index contributed by atoms with van der Waals surface area (Å²) >= 11 is 0. The number of halogens is 1. The fourth-order valence-electron chi connectivity index (χ4n) is 2.42. The molecule has 5 heteroatoms. The Morgan fingerprint density at radius 1 is 1.24 bits per heavy atom.